The van der Waals surface area contributed by atoms with Crippen molar-refractivity contribution in [2.24, 2.45) is 0 Å². The van der Waals surface area contributed by atoms with Crippen LogP contribution in [0, 0.1) is 13.8 Å². The lowest BCUT2D eigenvalue weighted by Crippen LogP contribution is -1.94. The highest BCUT2D eigenvalue weighted by molar-refractivity contribution is 6.35. The number of rotatable bonds is 0. The van der Waals surface area contributed by atoms with E-state index in [-0.39, 0.29) is 5.28 Å². The van der Waals surface area contributed by atoms with Crippen molar-refractivity contribution in [2.75, 3.05) is 0 Å². The van der Waals surface area contributed by atoms with Crippen LogP contribution in [0.25, 0.3) is 11.0 Å². The van der Waals surface area contributed by atoms with Crippen molar-refractivity contribution in [1.82, 2.24) is 15.0 Å². The molecular weight excluding hydrogens is 221 g/mol. The van der Waals surface area contributed by atoms with E-state index in [1.807, 2.05) is 19.9 Å². The first-order chi connectivity index (χ1) is 6.58. The number of halogens is 2. The number of nitrogens with zero attached hydrogens (tertiary/aromatic N) is 3. The first-order valence-corrected chi connectivity index (χ1v) is 4.80. The van der Waals surface area contributed by atoms with E-state index in [2.05, 4.69) is 15.0 Å². The Morgan fingerprint density at radius 1 is 1.00 bits per heavy atom. The molecule has 2 aromatic heterocycles. The van der Waals surface area contributed by atoms with Crippen LogP contribution in [0.3, 0.4) is 0 Å². The molecule has 0 aliphatic carbocycles. The maximum absolute atomic E-state index is 5.91. The molecule has 72 valence electrons. The van der Waals surface area contributed by atoms with E-state index in [0.717, 1.165) is 11.3 Å². The summed E-state index contributed by atoms with van der Waals surface area (Å²) in [5.74, 6) is 0. The van der Waals surface area contributed by atoms with Gasteiger partial charge in [-0.25, -0.2) is 15.0 Å². The summed E-state index contributed by atoms with van der Waals surface area (Å²) < 4.78 is 0. The highest BCUT2D eigenvalue weighted by atomic mass is 35.5. The van der Waals surface area contributed by atoms with Crippen LogP contribution in [0.1, 0.15) is 11.3 Å². The number of hydrogen-bond acceptors (Lipinski definition) is 3. The molecule has 2 aromatic rings. The average Bonchev–Trinajstić information content (AvgIpc) is 2.07. The summed E-state index contributed by atoms with van der Waals surface area (Å²) in [6.07, 6.45) is 0. The maximum atomic E-state index is 5.91. The quantitative estimate of drug-likeness (QED) is 0.514. The van der Waals surface area contributed by atoms with Gasteiger partial charge in [-0.1, -0.05) is 11.6 Å². The van der Waals surface area contributed by atoms with Crippen LogP contribution in [0.4, 0.5) is 0 Å². The molecule has 0 saturated heterocycles. The molecule has 0 unspecified atom stereocenters. The Morgan fingerprint density at radius 3 is 2.43 bits per heavy atom. The van der Waals surface area contributed by atoms with Crippen LogP contribution in [0.15, 0.2) is 6.07 Å². The van der Waals surface area contributed by atoms with Crippen molar-refractivity contribution in [1.29, 1.82) is 0 Å². The molecule has 0 aromatic carbocycles. The largest absolute Gasteiger partial charge is 0.248 e. The van der Waals surface area contributed by atoms with E-state index in [9.17, 15) is 0 Å². The fourth-order valence-corrected chi connectivity index (χ4v) is 1.79. The van der Waals surface area contributed by atoms with Crippen molar-refractivity contribution in [2.45, 2.75) is 13.8 Å². The lowest BCUT2D eigenvalue weighted by Gasteiger charge is -2.03. The second-order valence-corrected chi connectivity index (χ2v) is 3.76. The molecule has 0 amide bonds. The second-order valence-electron chi connectivity index (χ2n) is 3.06. The fraction of sp³-hybridized carbons (Fsp3) is 0.222. The lowest BCUT2D eigenvalue weighted by molar-refractivity contribution is 1.15. The Bertz CT molecular complexity index is 464. The molecule has 0 bridgehead atoms. The third kappa shape index (κ3) is 1.53. The zero-order valence-electron chi connectivity index (χ0n) is 7.67. The van der Waals surface area contributed by atoms with Crippen molar-refractivity contribution in [3.05, 3.63) is 27.8 Å². The molecule has 0 spiro atoms. The fourth-order valence-electron chi connectivity index (χ4n) is 1.37. The van der Waals surface area contributed by atoms with Gasteiger partial charge < -0.3 is 0 Å². The summed E-state index contributed by atoms with van der Waals surface area (Å²) in [6.45, 7) is 3.84. The van der Waals surface area contributed by atoms with E-state index in [1.165, 1.54) is 0 Å². The van der Waals surface area contributed by atoms with Gasteiger partial charge in [-0.3, -0.25) is 0 Å². The van der Waals surface area contributed by atoms with Gasteiger partial charge in [-0.15, -0.1) is 0 Å². The maximum Gasteiger partial charge on any atom is 0.224 e. The van der Waals surface area contributed by atoms with Gasteiger partial charge in [-0.05, 0) is 37.1 Å². The van der Waals surface area contributed by atoms with E-state index < -0.39 is 0 Å². The van der Waals surface area contributed by atoms with Gasteiger partial charge in [0.25, 0.3) is 0 Å². The molecule has 0 N–H and O–H groups in total. The lowest BCUT2D eigenvalue weighted by atomic mass is 10.2. The van der Waals surface area contributed by atoms with Gasteiger partial charge in [0, 0.05) is 5.69 Å². The van der Waals surface area contributed by atoms with Crippen LogP contribution < -0.4 is 0 Å². The minimum Gasteiger partial charge on any atom is -0.248 e. The zero-order chi connectivity index (χ0) is 10.3. The van der Waals surface area contributed by atoms with E-state index >= 15 is 0 Å². The Morgan fingerprint density at radius 2 is 1.71 bits per heavy atom. The number of fused-ring (bicyclic) bond motifs is 1. The smallest absolute Gasteiger partial charge is 0.224 e. The highest BCUT2D eigenvalue weighted by Crippen LogP contribution is 2.23. The monoisotopic (exact) mass is 227 g/mol. The van der Waals surface area contributed by atoms with E-state index in [4.69, 9.17) is 23.2 Å². The predicted molar refractivity (Wildman–Crippen MR) is 56.8 cm³/mol. The van der Waals surface area contributed by atoms with Crippen LogP contribution in [0.2, 0.25) is 10.4 Å². The van der Waals surface area contributed by atoms with Gasteiger partial charge in [-0.2, -0.15) is 0 Å². The van der Waals surface area contributed by atoms with Crippen molar-refractivity contribution in [3.8, 4) is 0 Å². The zero-order valence-corrected chi connectivity index (χ0v) is 9.19. The molecule has 0 saturated carbocycles. The van der Waals surface area contributed by atoms with Gasteiger partial charge in [0.15, 0.2) is 5.15 Å². The predicted octanol–water partition coefficient (Wildman–Crippen LogP) is 2.95. The summed E-state index contributed by atoms with van der Waals surface area (Å²) in [5, 5.41) is 0.447. The summed E-state index contributed by atoms with van der Waals surface area (Å²) in [7, 11) is 0. The SMILES string of the molecule is Cc1cc(C)c2nc(Cl)nc(Cl)c2n1. The second kappa shape index (κ2) is 3.33. The van der Waals surface area contributed by atoms with Crippen molar-refractivity contribution in [3.63, 3.8) is 0 Å². The molecular formula is C9H7Cl2N3. The van der Waals surface area contributed by atoms with Gasteiger partial charge in [0.05, 0.1) is 5.52 Å². The highest BCUT2D eigenvalue weighted by Gasteiger charge is 2.08. The van der Waals surface area contributed by atoms with Crippen LogP contribution in [0.5, 0.6) is 0 Å². The third-order valence-corrected chi connectivity index (χ3v) is 2.33. The van der Waals surface area contributed by atoms with Crippen LogP contribution in [-0.4, -0.2) is 15.0 Å². The Hall–Kier alpha value is -0.930. The molecule has 5 heteroatoms. The summed E-state index contributed by atoms with van der Waals surface area (Å²) >= 11 is 11.6. The first-order valence-electron chi connectivity index (χ1n) is 4.05. The van der Waals surface area contributed by atoms with Crippen molar-refractivity contribution >= 4 is 34.2 Å². The van der Waals surface area contributed by atoms with Gasteiger partial charge >= 0.3 is 0 Å². The Kier molecular flexibility index (Phi) is 2.29. The number of aromatic nitrogens is 3. The standard InChI is InChI=1S/C9H7Cl2N3/c1-4-3-5(2)12-7-6(4)13-9(11)14-8(7)10/h3H,1-2H3. The molecule has 2 heterocycles. The minimum absolute atomic E-state index is 0.149. The normalized spacial score (nSPS) is 10.9. The summed E-state index contributed by atoms with van der Waals surface area (Å²) in [6, 6.07) is 1.93. The summed E-state index contributed by atoms with van der Waals surface area (Å²) in [5.41, 5.74) is 3.20. The number of pyridine rings is 1. The van der Waals surface area contributed by atoms with E-state index in [0.29, 0.717) is 16.2 Å². The minimum atomic E-state index is 0.149. The van der Waals surface area contributed by atoms with Crippen LogP contribution >= 0.6 is 23.2 Å². The average molecular weight is 228 g/mol. The van der Waals surface area contributed by atoms with Gasteiger partial charge in [0.2, 0.25) is 5.28 Å². The Labute approximate surface area is 91.1 Å². The van der Waals surface area contributed by atoms with Crippen LogP contribution in [-0.2, 0) is 0 Å². The third-order valence-electron chi connectivity index (χ3n) is 1.90. The molecule has 0 aliphatic heterocycles. The van der Waals surface area contributed by atoms with Gasteiger partial charge in [0.1, 0.15) is 5.52 Å². The summed E-state index contributed by atoms with van der Waals surface area (Å²) in [4.78, 5) is 12.2. The Balaban J connectivity index is 2.94. The molecule has 2 rings (SSSR count). The topological polar surface area (TPSA) is 38.7 Å². The number of hydrogen-bond donors (Lipinski definition) is 0. The molecule has 0 radical (unpaired) electrons. The molecule has 0 atom stereocenters. The molecule has 0 fully saturated rings. The number of aryl methyl sites for hydroxylation is 2. The molecule has 14 heavy (non-hydrogen) atoms. The molecule has 3 nitrogen and oxygen atoms in total. The molecule has 0 aliphatic rings. The van der Waals surface area contributed by atoms with E-state index in [1.54, 1.807) is 0 Å². The first kappa shape index (κ1) is 9.62. The van der Waals surface area contributed by atoms with Crippen molar-refractivity contribution < 1.29 is 0 Å².